The van der Waals surface area contributed by atoms with Gasteiger partial charge in [0.1, 0.15) is 0 Å². The molecule has 4 atom stereocenters. The normalized spacial score (nSPS) is 21.7. The van der Waals surface area contributed by atoms with Crippen molar-refractivity contribution in [2.75, 3.05) is 6.54 Å². The number of aromatic nitrogens is 1. The fourth-order valence-electron chi connectivity index (χ4n) is 5.09. The van der Waals surface area contributed by atoms with Crippen LogP contribution < -0.4 is 5.32 Å². The molecule has 0 spiro atoms. The number of halogens is 2. The number of carbonyl (C=O) groups excluding carboxylic acids is 1. The Balaban J connectivity index is 1.67. The highest BCUT2D eigenvalue weighted by molar-refractivity contribution is 6.30. The lowest BCUT2D eigenvalue weighted by Crippen LogP contribution is -2.48. The smallest absolute Gasteiger partial charge is 0.303 e. The second-order valence-electron chi connectivity index (χ2n) is 9.35. The van der Waals surface area contributed by atoms with Crippen LogP contribution in [0.1, 0.15) is 48.9 Å². The van der Waals surface area contributed by atoms with Gasteiger partial charge in [0.05, 0.1) is 11.1 Å². The first-order chi connectivity index (χ1) is 16.8. The Morgan fingerprint density at radius 3 is 2.46 bits per heavy atom. The summed E-state index contributed by atoms with van der Waals surface area (Å²) in [5, 5.41) is 14.0. The van der Waals surface area contributed by atoms with Crippen LogP contribution in [0.2, 0.25) is 10.0 Å². The molecule has 1 saturated heterocycles. The minimum absolute atomic E-state index is 0.0266. The van der Waals surface area contributed by atoms with Crippen LogP contribution in [0.25, 0.3) is 0 Å². The highest BCUT2D eigenvalue weighted by atomic mass is 35.5. The number of ketones is 1. The van der Waals surface area contributed by atoms with Gasteiger partial charge in [0.15, 0.2) is 5.78 Å². The molecule has 2 aromatic carbocycles. The second-order valence-corrected chi connectivity index (χ2v) is 10.2. The molecule has 1 aliphatic heterocycles. The number of carboxylic acids is 1. The van der Waals surface area contributed by atoms with Crippen LogP contribution in [-0.4, -0.2) is 34.4 Å². The number of rotatable bonds is 8. The van der Waals surface area contributed by atoms with Crippen molar-refractivity contribution in [2.45, 2.75) is 43.6 Å². The Morgan fingerprint density at radius 2 is 1.80 bits per heavy atom. The number of carbonyl (C=O) groups is 2. The van der Waals surface area contributed by atoms with E-state index >= 15 is 0 Å². The highest BCUT2D eigenvalue weighted by Gasteiger charge is 2.41. The highest BCUT2D eigenvalue weighted by Crippen LogP contribution is 2.39. The van der Waals surface area contributed by atoms with Crippen molar-refractivity contribution in [1.82, 2.24) is 10.3 Å². The Morgan fingerprint density at radius 1 is 1.03 bits per heavy atom. The maximum absolute atomic E-state index is 14.1. The molecule has 4 rings (SSSR count). The predicted molar refractivity (Wildman–Crippen MR) is 138 cm³/mol. The minimum atomic E-state index is -0.968. The summed E-state index contributed by atoms with van der Waals surface area (Å²) in [6, 6.07) is 20.4. The number of hydrogen-bond acceptors (Lipinski definition) is 4. The third-order valence-corrected chi connectivity index (χ3v) is 7.53. The van der Waals surface area contributed by atoms with E-state index in [2.05, 4.69) is 10.3 Å². The summed E-state index contributed by atoms with van der Waals surface area (Å²) >= 11 is 12.4. The lowest BCUT2D eigenvalue weighted by Gasteiger charge is -2.39. The molecular formula is C28H28Cl2N2O3. The summed E-state index contributed by atoms with van der Waals surface area (Å²) in [6.07, 6.45) is 2.70. The van der Waals surface area contributed by atoms with E-state index in [-0.39, 0.29) is 36.5 Å². The molecule has 0 saturated carbocycles. The van der Waals surface area contributed by atoms with Gasteiger partial charge in [-0.05, 0) is 73.3 Å². The number of hydrogen-bond donors (Lipinski definition) is 2. The fraction of sp³-hybridized carbons (Fsp3) is 0.321. The molecule has 5 nitrogen and oxygen atoms in total. The molecule has 0 aliphatic carbocycles. The average Bonchev–Trinajstić information content (AvgIpc) is 2.85. The Hall–Kier alpha value is -2.73. The largest absolute Gasteiger partial charge is 0.481 e. The number of nitrogens with one attached hydrogen (secondary N) is 1. The zero-order valence-electron chi connectivity index (χ0n) is 19.5. The average molecular weight is 511 g/mol. The number of aliphatic carboxylic acids is 1. The van der Waals surface area contributed by atoms with Crippen LogP contribution in [0.3, 0.4) is 0 Å². The third-order valence-electron chi connectivity index (χ3n) is 7.04. The minimum Gasteiger partial charge on any atom is -0.481 e. The third kappa shape index (κ3) is 5.75. The number of nitrogens with zero attached hydrogens (tertiary/aromatic N) is 1. The monoisotopic (exact) mass is 510 g/mol. The Bertz CT molecular complexity index is 1190. The first-order valence-corrected chi connectivity index (χ1v) is 12.4. The number of Topliss-reactive ketones (excluding diaryl/α,β-unsaturated/α-hetero) is 1. The van der Waals surface area contributed by atoms with Crippen molar-refractivity contribution in [3.63, 3.8) is 0 Å². The van der Waals surface area contributed by atoms with Crippen LogP contribution in [0, 0.1) is 5.92 Å². The summed E-state index contributed by atoms with van der Waals surface area (Å²) in [4.78, 5) is 30.0. The molecule has 7 heteroatoms. The van der Waals surface area contributed by atoms with Crippen molar-refractivity contribution in [2.24, 2.45) is 5.92 Å². The zero-order chi connectivity index (χ0) is 25.0. The molecule has 182 valence electrons. The van der Waals surface area contributed by atoms with Crippen molar-refractivity contribution >= 4 is 35.0 Å². The molecule has 1 fully saturated rings. The van der Waals surface area contributed by atoms with Gasteiger partial charge in [0, 0.05) is 41.0 Å². The van der Waals surface area contributed by atoms with E-state index in [1.807, 2.05) is 61.5 Å². The van der Waals surface area contributed by atoms with E-state index in [0.29, 0.717) is 28.7 Å². The van der Waals surface area contributed by atoms with E-state index in [1.54, 1.807) is 18.3 Å². The Kier molecular flexibility index (Phi) is 7.90. The zero-order valence-corrected chi connectivity index (χ0v) is 21.0. The molecule has 1 aromatic heterocycles. The summed E-state index contributed by atoms with van der Waals surface area (Å²) in [7, 11) is 0. The van der Waals surface area contributed by atoms with Crippen molar-refractivity contribution in [3.05, 3.63) is 99.8 Å². The number of benzene rings is 2. The van der Waals surface area contributed by atoms with Gasteiger partial charge in [-0.3, -0.25) is 14.6 Å². The van der Waals surface area contributed by atoms with E-state index in [9.17, 15) is 14.7 Å². The topological polar surface area (TPSA) is 79.3 Å². The van der Waals surface area contributed by atoms with Crippen molar-refractivity contribution < 1.29 is 14.7 Å². The molecule has 2 heterocycles. The lowest BCUT2D eigenvalue weighted by atomic mass is 9.70. The molecular weight excluding hydrogens is 483 g/mol. The number of carboxylic acid groups (broad SMARTS) is 1. The molecule has 35 heavy (non-hydrogen) atoms. The summed E-state index contributed by atoms with van der Waals surface area (Å²) < 4.78 is 0. The van der Waals surface area contributed by atoms with Gasteiger partial charge in [0.25, 0.3) is 0 Å². The maximum atomic E-state index is 14.1. The van der Waals surface area contributed by atoms with Gasteiger partial charge in [-0.2, -0.15) is 0 Å². The first-order valence-electron chi connectivity index (χ1n) is 11.7. The molecule has 0 radical (unpaired) electrons. The van der Waals surface area contributed by atoms with Gasteiger partial charge >= 0.3 is 5.97 Å². The molecule has 0 bridgehead atoms. The molecule has 1 aliphatic rings. The van der Waals surface area contributed by atoms with E-state index < -0.39 is 11.4 Å². The van der Waals surface area contributed by atoms with Crippen LogP contribution in [0.4, 0.5) is 0 Å². The van der Waals surface area contributed by atoms with Gasteiger partial charge in [-0.15, -0.1) is 0 Å². The van der Waals surface area contributed by atoms with Crippen LogP contribution in [0.5, 0.6) is 0 Å². The summed E-state index contributed by atoms with van der Waals surface area (Å²) in [5.74, 6) is -0.864. The molecule has 0 unspecified atom stereocenters. The van der Waals surface area contributed by atoms with Crippen LogP contribution in [0.15, 0.2) is 72.9 Å². The van der Waals surface area contributed by atoms with E-state index in [0.717, 1.165) is 11.1 Å². The predicted octanol–water partition coefficient (Wildman–Crippen LogP) is 5.89. The van der Waals surface area contributed by atoms with Gasteiger partial charge in [0.2, 0.25) is 0 Å². The number of piperidine rings is 1. The van der Waals surface area contributed by atoms with Crippen molar-refractivity contribution in [1.29, 1.82) is 0 Å². The summed E-state index contributed by atoms with van der Waals surface area (Å²) in [6.45, 7) is 2.45. The van der Waals surface area contributed by atoms with Crippen LogP contribution in [-0.2, 0) is 15.0 Å². The SMILES string of the molecule is C[C@](C(=O)C[C@@H]1NC[C@@H](CC(=O)O)C[C@@H]1c1cccc(Cl)c1)(c1ccc(Cl)cc1)c1ccccn1. The van der Waals surface area contributed by atoms with Gasteiger partial charge in [-0.1, -0.05) is 53.5 Å². The maximum Gasteiger partial charge on any atom is 0.303 e. The molecule has 0 amide bonds. The Labute approximate surface area is 215 Å². The fourth-order valence-corrected chi connectivity index (χ4v) is 5.41. The summed E-state index contributed by atoms with van der Waals surface area (Å²) in [5.41, 5.74) is 1.53. The first kappa shape index (κ1) is 25.4. The molecule has 2 N–H and O–H groups in total. The standard InChI is InChI=1S/C28H28Cl2N2O3/c1-28(25-7-2-3-12-31-25,20-8-10-21(29)11-9-20)26(33)16-24-23(19-5-4-6-22(30)15-19)13-18(17-32-24)14-27(34)35/h2-12,15,18,23-24,32H,13-14,16-17H2,1H3,(H,34,35)/t18-,23-,24+,28+/m1/s1. The quantitative estimate of drug-likeness (QED) is 0.394. The van der Waals surface area contributed by atoms with Crippen LogP contribution >= 0.6 is 23.2 Å². The molecule has 3 aromatic rings. The van der Waals surface area contributed by atoms with Gasteiger partial charge in [-0.25, -0.2) is 0 Å². The van der Waals surface area contributed by atoms with E-state index in [4.69, 9.17) is 23.2 Å². The lowest BCUT2D eigenvalue weighted by molar-refractivity contribution is -0.138. The van der Waals surface area contributed by atoms with E-state index in [1.165, 1.54) is 0 Å². The van der Waals surface area contributed by atoms with Crippen molar-refractivity contribution in [3.8, 4) is 0 Å². The second kappa shape index (κ2) is 10.9. The van der Waals surface area contributed by atoms with Gasteiger partial charge < -0.3 is 10.4 Å². The number of pyridine rings is 1.